The molecule has 1 aliphatic heterocycles. The second-order valence-electron chi connectivity index (χ2n) is 3.87. The molecule has 0 aromatic rings. The minimum atomic E-state index is -0.450. The van der Waals surface area contributed by atoms with Gasteiger partial charge in [0.15, 0.2) is 0 Å². The van der Waals surface area contributed by atoms with Crippen LogP contribution in [0.2, 0.25) is 0 Å². The van der Waals surface area contributed by atoms with E-state index >= 15 is 0 Å². The number of piperidine rings is 1. The average Bonchev–Trinajstić information content (AvgIpc) is 2.18. The second-order valence-corrected chi connectivity index (χ2v) is 3.87. The molecule has 84 valence electrons. The van der Waals surface area contributed by atoms with Crippen LogP contribution in [0.1, 0.15) is 19.8 Å². The maximum absolute atomic E-state index is 9.65. The van der Waals surface area contributed by atoms with E-state index in [0.29, 0.717) is 19.6 Å². The summed E-state index contributed by atoms with van der Waals surface area (Å²) in [6, 6.07) is 0. The van der Waals surface area contributed by atoms with Gasteiger partial charge in [-0.1, -0.05) is 0 Å². The zero-order valence-corrected chi connectivity index (χ0v) is 8.78. The van der Waals surface area contributed by atoms with Crippen LogP contribution in [-0.4, -0.2) is 48.7 Å². The fraction of sp³-hybridized carbons (Fsp3) is 1.00. The Labute approximate surface area is 85.3 Å². The van der Waals surface area contributed by atoms with Crippen LogP contribution in [0.4, 0.5) is 0 Å². The molecule has 4 nitrogen and oxygen atoms in total. The van der Waals surface area contributed by atoms with Crippen LogP contribution in [0.3, 0.4) is 0 Å². The van der Waals surface area contributed by atoms with E-state index in [9.17, 15) is 10.2 Å². The zero-order chi connectivity index (χ0) is 10.4. The summed E-state index contributed by atoms with van der Waals surface area (Å²) in [5.41, 5.74) is 0. The third kappa shape index (κ3) is 3.92. The van der Waals surface area contributed by atoms with Crippen LogP contribution in [0, 0.1) is 5.92 Å². The van der Waals surface area contributed by atoms with E-state index in [2.05, 4.69) is 5.32 Å². The summed E-state index contributed by atoms with van der Waals surface area (Å²) in [6.45, 7) is 4.58. The lowest BCUT2D eigenvalue weighted by atomic mass is 9.91. The molecule has 0 spiro atoms. The predicted octanol–water partition coefficient (Wildman–Crippen LogP) is -0.256. The smallest absolute Gasteiger partial charge is 0.0777 e. The van der Waals surface area contributed by atoms with Gasteiger partial charge in [-0.2, -0.15) is 0 Å². The molecule has 0 aromatic carbocycles. The molecule has 1 fully saturated rings. The Kier molecular flexibility index (Phi) is 5.40. The number of nitrogens with one attached hydrogen (secondary N) is 1. The van der Waals surface area contributed by atoms with Gasteiger partial charge in [-0.05, 0) is 32.2 Å². The van der Waals surface area contributed by atoms with Gasteiger partial charge >= 0.3 is 0 Å². The Morgan fingerprint density at radius 3 is 3.00 bits per heavy atom. The van der Waals surface area contributed by atoms with Crippen molar-refractivity contribution >= 4 is 0 Å². The van der Waals surface area contributed by atoms with Crippen molar-refractivity contribution in [1.82, 2.24) is 5.32 Å². The molecule has 1 aliphatic rings. The standard InChI is InChI=1S/C10H21NO3/c1-2-14-7-9(12)5-8-6-11-4-3-10(8)13/h8-13H,2-7H2,1H3. The summed E-state index contributed by atoms with van der Waals surface area (Å²) in [7, 11) is 0. The largest absolute Gasteiger partial charge is 0.393 e. The molecule has 0 radical (unpaired) electrons. The fourth-order valence-electron chi connectivity index (χ4n) is 1.82. The predicted molar refractivity (Wildman–Crippen MR) is 54.1 cm³/mol. The fourth-order valence-corrected chi connectivity index (χ4v) is 1.82. The summed E-state index contributed by atoms with van der Waals surface area (Å²) in [5.74, 6) is 0.166. The van der Waals surface area contributed by atoms with E-state index < -0.39 is 6.10 Å². The number of rotatable bonds is 5. The van der Waals surface area contributed by atoms with Gasteiger partial charge in [0.2, 0.25) is 0 Å². The monoisotopic (exact) mass is 203 g/mol. The molecular weight excluding hydrogens is 182 g/mol. The maximum Gasteiger partial charge on any atom is 0.0777 e. The molecule has 0 aromatic heterocycles. The first-order valence-electron chi connectivity index (χ1n) is 5.38. The highest BCUT2D eigenvalue weighted by Crippen LogP contribution is 2.17. The minimum Gasteiger partial charge on any atom is -0.393 e. The molecule has 14 heavy (non-hydrogen) atoms. The zero-order valence-electron chi connectivity index (χ0n) is 8.78. The number of ether oxygens (including phenoxy) is 1. The summed E-state index contributed by atoms with van der Waals surface area (Å²) in [5, 5.41) is 22.5. The van der Waals surface area contributed by atoms with Crippen molar-refractivity contribution in [2.24, 2.45) is 5.92 Å². The molecule has 1 heterocycles. The Hall–Kier alpha value is -0.160. The van der Waals surface area contributed by atoms with E-state index in [4.69, 9.17) is 4.74 Å². The molecule has 1 saturated heterocycles. The quantitative estimate of drug-likeness (QED) is 0.576. The minimum absolute atomic E-state index is 0.166. The van der Waals surface area contributed by atoms with Crippen molar-refractivity contribution in [3.63, 3.8) is 0 Å². The highest BCUT2D eigenvalue weighted by atomic mass is 16.5. The van der Waals surface area contributed by atoms with Crippen molar-refractivity contribution in [3.05, 3.63) is 0 Å². The number of hydrogen-bond acceptors (Lipinski definition) is 4. The summed E-state index contributed by atoms with van der Waals surface area (Å²) in [4.78, 5) is 0. The third-order valence-electron chi connectivity index (χ3n) is 2.66. The molecular formula is C10H21NO3. The van der Waals surface area contributed by atoms with Crippen LogP contribution < -0.4 is 5.32 Å². The molecule has 3 atom stereocenters. The first-order valence-corrected chi connectivity index (χ1v) is 5.38. The van der Waals surface area contributed by atoms with E-state index in [0.717, 1.165) is 19.5 Å². The Morgan fingerprint density at radius 2 is 2.36 bits per heavy atom. The van der Waals surface area contributed by atoms with Crippen molar-refractivity contribution < 1.29 is 14.9 Å². The van der Waals surface area contributed by atoms with E-state index in [-0.39, 0.29) is 12.0 Å². The highest BCUT2D eigenvalue weighted by Gasteiger charge is 2.24. The van der Waals surface area contributed by atoms with Gasteiger partial charge in [-0.15, -0.1) is 0 Å². The Morgan fingerprint density at radius 1 is 1.57 bits per heavy atom. The lowest BCUT2D eigenvalue weighted by molar-refractivity contribution is 0.000785. The van der Waals surface area contributed by atoms with Crippen molar-refractivity contribution in [3.8, 4) is 0 Å². The molecule has 0 saturated carbocycles. The lowest BCUT2D eigenvalue weighted by Crippen LogP contribution is -2.41. The van der Waals surface area contributed by atoms with Gasteiger partial charge in [0.1, 0.15) is 0 Å². The van der Waals surface area contributed by atoms with Crippen molar-refractivity contribution in [1.29, 1.82) is 0 Å². The first-order chi connectivity index (χ1) is 6.74. The molecule has 1 rings (SSSR count). The van der Waals surface area contributed by atoms with Crippen molar-refractivity contribution in [2.75, 3.05) is 26.3 Å². The van der Waals surface area contributed by atoms with E-state index in [1.54, 1.807) is 0 Å². The Balaban J connectivity index is 2.20. The van der Waals surface area contributed by atoms with Gasteiger partial charge < -0.3 is 20.3 Å². The lowest BCUT2D eigenvalue weighted by Gasteiger charge is -2.29. The van der Waals surface area contributed by atoms with Gasteiger partial charge in [0.05, 0.1) is 18.8 Å². The van der Waals surface area contributed by atoms with Gasteiger partial charge in [-0.3, -0.25) is 0 Å². The maximum atomic E-state index is 9.65. The molecule has 0 amide bonds. The highest BCUT2D eigenvalue weighted by molar-refractivity contribution is 4.79. The van der Waals surface area contributed by atoms with E-state index in [1.165, 1.54) is 0 Å². The number of aliphatic hydroxyl groups is 2. The van der Waals surface area contributed by atoms with Crippen LogP contribution in [0.25, 0.3) is 0 Å². The first kappa shape index (κ1) is 11.9. The van der Waals surface area contributed by atoms with Crippen LogP contribution in [-0.2, 0) is 4.74 Å². The summed E-state index contributed by atoms with van der Waals surface area (Å²) < 4.78 is 5.12. The molecule has 4 heteroatoms. The third-order valence-corrected chi connectivity index (χ3v) is 2.66. The SMILES string of the molecule is CCOCC(O)CC1CNCCC1O. The molecule has 0 bridgehead atoms. The number of aliphatic hydroxyl groups excluding tert-OH is 2. The second kappa shape index (κ2) is 6.35. The van der Waals surface area contributed by atoms with Gasteiger partial charge in [-0.25, -0.2) is 0 Å². The molecule has 3 unspecified atom stereocenters. The Bertz CT molecular complexity index is 154. The molecule has 0 aliphatic carbocycles. The van der Waals surface area contributed by atoms with Gasteiger partial charge in [0, 0.05) is 13.2 Å². The van der Waals surface area contributed by atoms with Crippen LogP contribution >= 0.6 is 0 Å². The van der Waals surface area contributed by atoms with Crippen molar-refractivity contribution in [2.45, 2.75) is 32.0 Å². The van der Waals surface area contributed by atoms with E-state index in [1.807, 2.05) is 6.92 Å². The average molecular weight is 203 g/mol. The topological polar surface area (TPSA) is 61.7 Å². The summed E-state index contributed by atoms with van der Waals surface area (Å²) >= 11 is 0. The van der Waals surface area contributed by atoms with Crippen LogP contribution in [0.5, 0.6) is 0 Å². The molecule has 3 N–H and O–H groups in total. The van der Waals surface area contributed by atoms with Gasteiger partial charge in [0.25, 0.3) is 0 Å². The number of hydrogen-bond donors (Lipinski definition) is 3. The van der Waals surface area contributed by atoms with Crippen LogP contribution in [0.15, 0.2) is 0 Å². The normalized spacial score (nSPS) is 30.2. The summed E-state index contributed by atoms with van der Waals surface area (Å²) in [6.07, 6.45) is 0.683.